The molecular weight excluding hydrogens is 328 g/mol. The zero-order valence-corrected chi connectivity index (χ0v) is 17.6. The van der Waals surface area contributed by atoms with Crippen molar-refractivity contribution in [3.05, 3.63) is 83.1 Å². The summed E-state index contributed by atoms with van der Waals surface area (Å²) in [5.74, 6) is 0. The van der Waals surface area contributed by atoms with E-state index in [1.807, 2.05) is 0 Å². The van der Waals surface area contributed by atoms with Crippen molar-refractivity contribution in [2.75, 3.05) is 5.32 Å². The molecule has 0 unspecified atom stereocenters. The monoisotopic (exact) mass is 362 g/mol. The third-order valence-electron chi connectivity index (χ3n) is 5.15. The molecule has 1 fully saturated rings. The number of hydrogen-bond acceptors (Lipinski definition) is 2. The van der Waals surface area contributed by atoms with Gasteiger partial charge in [-0.05, 0) is 80.9 Å². The van der Waals surface area contributed by atoms with Crippen molar-refractivity contribution < 1.29 is 0 Å². The number of hydrogen-bond donors (Lipinski definition) is 2. The lowest BCUT2D eigenvalue weighted by molar-refractivity contribution is 0.885. The zero-order valence-electron chi connectivity index (χ0n) is 17.6. The number of benzene rings is 1. The van der Waals surface area contributed by atoms with E-state index in [1.54, 1.807) is 0 Å². The second kappa shape index (κ2) is 8.94. The minimum atomic E-state index is 0.601. The lowest BCUT2D eigenvalue weighted by atomic mass is 9.93. The summed E-state index contributed by atoms with van der Waals surface area (Å²) in [4.78, 5) is 0. The van der Waals surface area contributed by atoms with Gasteiger partial charge in [-0.2, -0.15) is 0 Å². The lowest BCUT2D eigenvalue weighted by Gasteiger charge is -2.20. The lowest BCUT2D eigenvalue weighted by Crippen LogP contribution is -2.13. The van der Waals surface area contributed by atoms with E-state index in [2.05, 4.69) is 89.3 Å². The maximum absolute atomic E-state index is 4.33. The molecule has 0 amide bonds. The van der Waals surface area contributed by atoms with Crippen LogP contribution in [0.15, 0.2) is 72.0 Å². The van der Waals surface area contributed by atoms with Crippen LogP contribution in [-0.4, -0.2) is 6.04 Å². The smallest absolute Gasteiger partial charge is 0.0420 e. The van der Waals surface area contributed by atoms with Crippen LogP contribution in [0.2, 0.25) is 0 Å². The fourth-order valence-electron chi connectivity index (χ4n) is 3.39. The first kappa shape index (κ1) is 20.8. The highest BCUT2D eigenvalue weighted by Crippen LogP contribution is 2.30. The highest BCUT2D eigenvalue weighted by molar-refractivity contribution is 5.70. The van der Waals surface area contributed by atoms with E-state index >= 15 is 0 Å². The van der Waals surface area contributed by atoms with Gasteiger partial charge in [-0.1, -0.05) is 50.4 Å². The van der Waals surface area contributed by atoms with Crippen LogP contribution in [0, 0.1) is 6.92 Å². The normalized spacial score (nSPS) is 15.1. The summed E-state index contributed by atoms with van der Waals surface area (Å²) in [6, 6.07) is 7.03. The maximum atomic E-state index is 4.33. The average Bonchev–Trinajstić information content (AvgIpc) is 3.41. The topological polar surface area (TPSA) is 24.1 Å². The SMILES string of the molecule is C=C(C)C(=C/C)/C(C)=C(\CC)C(=C)Nc1cc(C(=C)NC2CC2)ccc1C. The predicted molar refractivity (Wildman–Crippen MR) is 121 cm³/mol. The largest absolute Gasteiger partial charge is 0.382 e. The Morgan fingerprint density at radius 1 is 1.19 bits per heavy atom. The molecule has 0 aromatic heterocycles. The van der Waals surface area contributed by atoms with Crippen molar-refractivity contribution in [1.82, 2.24) is 5.32 Å². The summed E-state index contributed by atoms with van der Waals surface area (Å²) in [6.07, 6.45) is 5.52. The molecule has 27 heavy (non-hydrogen) atoms. The van der Waals surface area contributed by atoms with Crippen molar-refractivity contribution >= 4 is 11.4 Å². The fraction of sp³-hybridized carbons (Fsp3) is 0.360. The minimum absolute atomic E-state index is 0.601. The third kappa shape index (κ3) is 5.26. The van der Waals surface area contributed by atoms with Gasteiger partial charge in [0.05, 0.1) is 0 Å². The first-order valence-corrected chi connectivity index (χ1v) is 9.83. The fourth-order valence-corrected chi connectivity index (χ4v) is 3.39. The zero-order chi connectivity index (χ0) is 20.1. The van der Waals surface area contributed by atoms with E-state index in [-0.39, 0.29) is 0 Å². The molecule has 2 N–H and O–H groups in total. The molecule has 1 aliphatic rings. The summed E-state index contributed by atoms with van der Waals surface area (Å²) in [5.41, 5.74) is 10.1. The summed E-state index contributed by atoms with van der Waals surface area (Å²) in [5, 5.41) is 7.03. The second-order valence-electron chi connectivity index (χ2n) is 7.47. The summed E-state index contributed by atoms with van der Waals surface area (Å²) in [7, 11) is 0. The van der Waals surface area contributed by atoms with Gasteiger partial charge in [-0.3, -0.25) is 0 Å². The molecule has 144 valence electrons. The standard InChI is InChI=1S/C25H34N2/c1-9-23(16(3)4)18(6)24(10-2)20(8)27-25-15-21(12-11-17(25)5)19(7)26-22-13-14-22/h9,11-12,15,22,26-27H,3,7-8,10,13-14H2,1-2,4-6H3/b23-9-,24-18+. The highest BCUT2D eigenvalue weighted by atomic mass is 15.0. The molecule has 0 bridgehead atoms. The molecule has 1 saturated carbocycles. The quantitative estimate of drug-likeness (QED) is 0.467. The van der Waals surface area contributed by atoms with Gasteiger partial charge in [0, 0.05) is 23.1 Å². The molecule has 2 rings (SSSR count). The molecule has 1 aromatic carbocycles. The Labute approximate surface area is 165 Å². The molecule has 2 heteroatoms. The molecule has 0 atom stereocenters. The minimum Gasteiger partial charge on any atom is -0.382 e. The van der Waals surface area contributed by atoms with E-state index in [4.69, 9.17) is 0 Å². The van der Waals surface area contributed by atoms with Crippen molar-refractivity contribution in [2.24, 2.45) is 0 Å². The number of anilines is 1. The van der Waals surface area contributed by atoms with Gasteiger partial charge < -0.3 is 10.6 Å². The second-order valence-corrected chi connectivity index (χ2v) is 7.47. The van der Waals surface area contributed by atoms with Gasteiger partial charge in [0.15, 0.2) is 0 Å². The van der Waals surface area contributed by atoms with Crippen LogP contribution in [0.5, 0.6) is 0 Å². The van der Waals surface area contributed by atoms with Gasteiger partial charge in [0.25, 0.3) is 0 Å². The van der Waals surface area contributed by atoms with E-state index < -0.39 is 0 Å². The Morgan fingerprint density at radius 2 is 1.85 bits per heavy atom. The van der Waals surface area contributed by atoms with Gasteiger partial charge >= 0.3 is 0 Å². The van der Waals surface area contributed by atoms with E-state index in [9.17, 15) is 0 Å². The first-order chi connectivity index (χ1) is 12.8. The van der Waals surface area contributed by atoms with Gasteiger partial charge in [-0.15, -0.1) is 0 Å². The molecule has 0 heterocycles. The Balaban J connectivity index is 2.27. The van der Waals surface area contributed by atoms with E-state index in [0.717, 1.165) is 34.6 Å². The number of nitrogens with one attached hydrogen (secondary N) is 2. The maximum Gasteiger partial charge on any atom is 0.0420 e. The van der Waals surface area contributed by atoms with Gasteiger partial charge in [0.2, 0.25) is 0 Å². The van der Waals surface area contributed by atoms with Crippen LogP contribution >= 0.6 is 0 Å². The van der Waals surface area contributed by atoms with E-state index in [1.165, 1.54) is 35.1 Å². The molecule has 0 spiro atoms. The van der Waals surface area contributed by atoms with Gasteiger partial charge in [-0.25, -0.2) is 0 Å². The number of aryl methyl sites for hydroxylation is 1. The molecule has 0 saturated heterocycles. The van der Waals surface area contributed by atoms with Crippen molar-refractivity contribution in [2.45, 2.75) is 59.9 Å². The number of rotatable bonds is 9. The van der Waals surface area contributed by atoms with Gasteiger partial charge in [0.1, 0.15) is 0 Å². The van der Waals surface area contributed by atoms with Crippen LogP contribution in [0.3, 0.4) is 0 Å². The molecule has 2 nitrogen and oxygen atoms in total. The molecule has 1 aromatic rings. The molecule has 0 radical (unpaired) electrons. The van der Waals surface area contributed by atoms with Crippen LogP contribution in [0.4, 0.5) is 5.69 Å². The van der Waals surface area contributed by atoms with E-state index in [0.29, 0.717) is 6.04 Å². The summed E-state index contributed by atoms with van der Waals surface area (Å²) in [6.45, 7) is 23.2. The summed E-state index contributed by atoms with van der Waals surface area (Å²) >= 11 is 0. The Hall–Kier alpha value is -2.48. The van der Waals surface area contributed by atoms with Crippen LogP contribution < -0.4 is 10.6 Å². The Kier molecular flexibility index (Phi) is 6.90. The van der Waals surface area contributed by atoms with Crippen molar-refractivity contribution in [3.8, 4) is 0 Å². The molecule has 1 aliphatic carbocycles. The number of allylic oxidation sites excluding steroid dienone is 5. The first-order valence-electron chi connectivity index (χ1n) is 9.83. The third-order valence-corrected chi connectivity index (χ3v) is 5.15. The summed E-state index contributed by atoms with van der Waals surface area (Å²) < 4.78 is 0. The van der Waals surface area contributed by atoms with Crippen molar-refractivity contribution in [1.29, 1.82) is 0 Å². The van der Waals surface area contributed by atoms with Crippen LogP contribution in [0.1, 0.15) is 58.1 Å². The molecule has 0 aliphatic heterocycles. The highest BCUT2D eigenvalue weighted by Gasteiger charge is 2.21. The molecular formula is C25H34N2. The van der Waals surface area contributed by atoms with Crippen molar-refractivity contribution in [3.63, 3.8) is 0 Å². The van der Waals surface area contributed by atoms with Crippen LogP contribution in [-0.2, 0) is 0 Å². The van der Waals surface area contributed by atoms with Crippen LogP contribution in [0.25, 0.3) is 5.70 Å². The Bertz CT molecular complexity index is 817. The predicted octanol–water partition coefficient (Wildman–Crippen LogP) is 6.89. The Morgan fingerprint density at radius 3 is 2.37 bits per heavy atom. The average molecular weight is 363 g/mol.